The van der Waals surface area contributed by atoms with Gasteiger partial charge in [-0.15, -0.1) is 0 Å². The maximum Gasteiger partial charge on any atom is 0.302 e. The van der Waals surface area contributed by atoms with Crippen molar-refractivity contribution in [2.45, 2.75) is 71.8 Å². The van der Waals surface area contributed by atoms with Gasteiger partial charge in [-0.25, -0.2) is 0 Å². The Morgan fingerprint density at radius 1 is 1.19 bits per heavy atom. The second-order valence-electron chi connectivity index (χ2n) is 10.8. The van der Waals surface area contributed by atoms with Gasteiger partial charge in [0.25, 0.3) is 0 Å². The van der Waals surface area contributed by atoms with Crippen LogP contribution in [0.5, 0.6) is 0 Å². The molecule has 1 aromatic rings. The van der Waals surface area contributed by atoms with Crippen LogP contribution in [-0.4, -0.2) is 28.0 Å². The molecule has 3 fully saturated rings. The van der Waals surface area contributed by atoms with Gasteiger partial charge < -0.3 is 9.94 Å². The van der Waals surface area contributed by atoms with Crippen LogP contribution >= 0.6 is 0 Å². The molecule has 0 saturated heterocycles. The molecule has 5 rings (SSSR count). The van der Waals surface area contributed by atoms with E-state index >= 15 is 0 Å². The van der Waals surface area contributed by atoms with Gasteiger partial charge in [0.1, 0.15) is 6.10 Å². The molecule has 1 N–H and O–H groups in total. The number of hydrogen-bond donors (Lipinski definition) is 1. The van der Waals surface area contributed by atoms with E-state index in [-0.39, 0.29) is 22.9 Å². The molecule has 5 nitrogen and oxygen atoms in total. The van der Waals surface area contributed by atoms with Crippen molar-refractivity contribution >= 4 is 17.8 Å². The summed E-state index contributed by atoms with van der Waals surface area (Å²) in [5, 5.41) is 13.9. The van der Waals surface area contributed by atoms with Crippen LogP contribution in [0.4, 0.5) is 0 Å². The number of oxime groups is 1. The summed E-state index contributed by atoms with van der Waals surface area (Å²) in [5.74, 6) is 1.52. The van der Waals surface area contributed by atoms with Gasteiger partial charge in [0, 0.05) is 25.0 Å². The average molecular weight is 435 g/mol. The summed E-state index contributed by atoms with van der Waals surface area (Å²) in [6.45, 7) is 6.27. The van der Waals surface area contributed by atoms with Crippen LogP contribution in [0.2, 0.25) is 0 Å². The molecular weight excluding hydrogens is 400 g/mol. The van der Waals surface area contributed by atoms with Crippen LogP contribution in [0.15, 0.2) is 46.8 Å². The molecule has 0 aromatic carbocycles. The minimum atomic E-state index is -0.171. The zero-order valence-electron chi connectivity index (χ0n) is 19.4. The highest BCUT2D eigenvalue weighted by atomic mass is 16.5. The Morgan fingerprint density at radius 3 is 2.72 bits per heavy atom. The molecule has 0 amide bonds. The first-order valence-corrected chi connectivity index (χ1v) is 12.1. The Labute approximate surface area is 190 Å². The highest BCUT2D eigenvalue weighted by Crippen LogP contribution is 2.65. The number of ether oxygens (including phenoxy) is 1. The fourth-order valence-electron chi connectivity index (χ4n) is 7.60. The summed E-state index contributed by atoms with van der Waals surface area (Å²) in [6, 6.07) is 5.93. The highest BCUT2D eigenvalue weighted by Gasteiger charge is 2.59. The number of hydrogen-bond acceptors (Lipinski definition) is 5. The molecule has 6 atom stereocenters. The lowest BCUT2D eigenvalue weighted by atomic mass is 9.48. The lowest BCUT2D eigenvalue weighted by Gasteiger charge is -2.57. The second kappa shape index (κ2) is 7.86. The van der Waals surface area contributed by atoms with Gasteiger partial charge in [0.15, 0.2) is 0 Å². The summed E-state index contributed by atoms with van der Waals surface area (Å²) >= 11 is 0. The van der Waals surface area contributed by atoms with Crippen LogP contribution in [0, 0.1) is 28.6 Å². The Bertz CT molecular complexity index is 997. The smallest absolute Gasteiger partial charge is 0.302 e. The van der Waals surface area contributed by atoms with Gasteiger partial charge in [0.05, 0.1) is 11.4 Å². The summed E-state index contributed by atoms with van der Waals surface area (Å²) in [7, 11) is 0. The summed E-state index contributed by atoms with van der Waals surface area (Å²) in [5.41, 5.74) is 4.52. The molecule has 0 radical (unpaired) electrons. The third-order valence-corrected chi connectivity index (χ3v) is 9.18. The van der Waals surface area contributed by atoms with E-state index in [1.54, 1.807) is 0 Å². The quantitative estimate of drug-likeness (QED) is 0.276. The predicted molar refractivity (Wildman–Crippen MR) is 124 cm³/mol. The Balaban J connectivity index is 1.45. The van der Waals surface area contributed by atoms with E-state index in [2.05, 4.69) is 36.1 Å². The van der Waals surface area contributed by atoms with Gasteiger partial charge in [-0.2, -0.15) is 0 Å². The highest BCUT2D eigenvalue weighted by molar-refractivity contribution is 6.09. The SMILES string of the molecule is CC(=O)O[C@H]1CC[C@@]2(C)C(=CC[C@@H]3[C@@H]2CC[C@]2(C)C(=N/O)/C(=C/c4ccccn4)C[C@@H]32)C1. The molecule has 170 valence electrons. The van der Waals surface area contributed by atoms with Crippen molar-refractivity contribution < 1.29 is 14.7 Å². The van der Waals surface area contributed by atoms with E-state index < -0.39 is 0 Å². The third-order valence-electron chi connectivity index (χ3n) is 9.18. The molecule has 4 aliphatic carbocycles. The average Bonchev–Trinajstić information content (AvgIpc) is 3.05. The largest absolute Gasteiger partial charge is 0.462 e. The first-order valence-electron chi connectivity index (χ1n) is 12.1. The Morgan fingerprint density at radius 2 is 2.00 bits per heavy atom. The number of fused-ring (bicyclic) bond motifs is 5. The van der Waals surface area contributed by atoms with Gasteiger partial charge in [-0.3, -0.25) is 9.78 Å². The number of carbonyl (C=O) groups excluding carboxylic acids is 1. The number of rotatable bonds is 2. The van der Waals surface area contributed by atoms with E-state index in [4.69, 9.17) is 4.74 Å². The molecule has 0 bridgehead atoms. The fraction of sp³-hybridized carbons (Fsp3) is 0.593. The molecule has 0 unspecified atom stereocenters. The first-order chi connectivity index (χ1) is 15.3. The summed E-state index contributed by atoms with van der Waals surface area (Å²) < 4.78 is 5.57. The minimum Gasteiger partial charge on any atom is -0.462 e. The lowest BCUT2D eigenvalue weighted by molar-refractivity contribution is -0.148. The monoisotopic (exact) mass is 434 g/mol. The molecule has 5 heteroatoms. The molecule has 4 aliphatic rings. The fourth-order valence-corrected chi connectivity index (χ4v) is 7.60. The van der Waals surface area contributed by atoms with E-state index in [1.165, 1.54) is 12.5 Å². The minimum absolute atomic E-state index is 0.0322. The topological polar surface area (TPSA) is 71.8 Å². The third kappa shape index (κ3) is 3.32. The van der Waals surface area contributed by atoms with Crippen molar-refractivity contribution in [3.8, 4) is 0 Å². The van der Waals surface area contributed by atoms with Gasteiger partial charge in [0.2, 0.25) is 0 Å². The van der Waals surface area contributed by atoms with Crippen molar-refractivity contribution in [1.82, 2.24) is 4.98 Å². The van der Waals surface area contributed by atoms with Crippen molar-refractivity contribution in [3.63, 3.8) is 0 Å². The molecule has 0 spiro atoms. The standard InChI is InChI=1S/C27H34N2O3/c1-17(30)32-21-9-11-26(2)19(16-21)7-8-22-23(26)10-12-27(3)24(22)15-18(25(27)29-31)14-20-6-4-5-13-28-20/h4-7,13-14,21-24,31H,8-12,15-16H2,1-3H3/b18-14+,29-25+/t21-,22+,23-,24-,26-,27-/m0/s1. The molecular formula is C27H34N2O3. The zero-order valence-corrected chi connectivity index (χ0v) is 19.4. The Hall–Kier alpha value is -2.43. The van der Waals surface area contributed by atoms with Crippen molar-refractivity contribution in [2.24, 2.45) is 33.7 Å². The van der Waals surface area contributed by atoms with Gasteiger partial charge in [-0.1, -0.05) is 36.7 Å². The predicted octanol–water partition coefficient (Wildman–Crippen LogP) is 5.80. The summed E-state index contributed by atoms with van der Waals surface area (Å²) in [6.07, 6.45) is 13.5. The first kappa shape index (κ1) is 21.4. The van der Waals surface area contributed by atoms with Crippen LogP contribution in [0.25, 0.3) is 6.08 Å². The number of allylic oxidation sites excluding steroid dienone is 2. The number of esters is 1. The second-order valence-corrected chi connectivity index (χ2v) is 10.8. The van der Waals surface area contributed by atoms with Crippen molar-refractivity contribution in [3.05, 3.63) is 47.3 Å². The van der Waals surface area contributed by atoms with Gasteiger partial charge >= 0.3 is 5.97 Å². The number of nitrogens with zero attached hydrogens (tertiary/aromatic N) is 2. The molecule has 0 aliphatic heterocycles. The number of aromatic nitrogens is 1. The number of pyridine rings is 1. The summed E-state index contributed by atoms with van der Waals surface area (Å²) in [4.78, 5) is 15.9. The molecule has 32 heavy (non-hydrogen) atoms. The van der Waals surface area contributed by atoms with E-state index in [1.807, 2.05) is 24.4 Å². The lowest BCUT2D eigenvalue weighted by Crippen LogP contribution is -2.50. The van der Waals surface area contributed by atoms with Crippen LogP contribution < -0.4 is 0 Å². The van der Waals surface area contributed by atoms with Crippen LogP contribution in [0.3, 0.4) is 0 Å². The molecule has 3 saturated carbocycles. The zero-order chi connectivity index (χ0) is 22.5. The van der Waals surface area contributed by atoms with Crippen molar-refractivity contribution in [1.29, 1.82) is 0 Å². The molecule has 1 aromatic heterocycles. The van der Waals surface area contributed by atoms with E-state index in [0.29, 0.717) is 17.8 Å². The van der Waals surface area contributed by atoms with Gasteiger partial charge in [-0.05, 0) is 85.5 Å². The Kier molecular flexibility index (Phi) is 5.26. The van der Waals surface area contributed by atoms with Crippen LogP contribution in [0.1, 0.15) is 71.4 Å². The maximum atomic E-state index is 11.5. The van der Waals surface area contributed by atoms with Crippen LogP contribution in [-0.2, 0) is 9.53 Å². The van der Waals surface area contributed by atoms with Crippen molar-refractivity contribution in [2.75, 3.05) is 0 Å². The normalized spacial score (nSPS) is 40.9. The van der Waals surface area contributed by atoms with E-state index in [9.17, 15) is 10.0 Å². The molecule has 1 heterocycles. The number of carbonyl (C=O) groups is 1. The van der Waals surface area contributed by atoms with E-state index in [0.717, 1.165) is 61.9 Å². The maximum absolute atomic E-state index is 11.5.